The summed E-state index contributed by atoms with van der Waals surface area (Å²) in [5, 5.41) is 7.75. The van der Waals surface area contributed by atoms with Crippen LogP contribution in [0.3, 0.4) is 0 Å². The Bertz CT molecular complexity index is 1080. The Hall–Kier alpha value is -3.19. The molecule has 138 valence electrons. The van der Waals surface area contributed by atoms with Crippen LogP contribution in [0.25, 0.3) is 10.8 Å². The van der Waals surface area contributed by atoms with E-state index in [1.165, 1.54) is 4.68 Å². The predicted octanol–water partition coefficient (Wildman–Crippen LogP) is 2.87. The molecule has 0 bridgehead atoms. The van der Waals surface area contributed by atoms with Crippen molar-refractivity contribution in [2.75, 3.05) is 11.9 Å². The number of ether oxygens (including phenoxy) is 1. The Morgan fingerprint density at radius 2 is 1.78 bits per heavy atom. The number of rotatable bonds is 5. The van der Waals surface area contributed by atoms with Crippen LogP contribution < -0.4 is 10.9 Å². The summed E-state index contributed by atoms with van der Waals surface area (Å²) in [6.07, 6.45) is 0. The molecule has 0 aliphatic rings. The fourth-order valence-corrected chi connectivity index (χ4v) is 2.73. The SMILES string of the molecule is CCn1nc(C(=O)OCC(=O)Nc2ccccc2Cl)c2ccccc2c1=O. The van der Waals surface area contributed by atoms with E-state index in [0.29, 0.717) is 28.0 Å². The first-order valence-electron chi connectivity index (χ1n) is 8.22. The number of hydrogen-bond donors (Lipinski definition) is 1. The summed E-state index contributed by atoms with van der Waals surface area (Å²) in [5.41, 5.74) is 0.113. The highest BCUT2D eigenvalue weighted by molar-refractivity contribution is 6.33. The average Bonchev–Trinajstić information content (AvgIpc) is 2.68. The van der Waals surface area contributed by atoms with Gasteiger partial charge in [0, 0.05) is 11.9 Å². The van der Waals surface area contributed by atoms with Gasteiger partial charge in [-0.1, -0.05) is 41.9 Å². The van der Waals surface area contributed by atoms with Gasteiger partial charge in [0.25, 0.3) is 11.5 Å². The fourth-order valence-electron chi connectivity index (χ4n) is 2.55. The van der Waals surface area contributed by atoms with Crippen molar-refractivity contribution in [3.8, 4) is 0 Å². The smallest absolute Gasteiger partial charge is 0.359 e. The molecular formula is C19H16ClN3O4. The molecule has 0 radical (unpaired) electrons. The summed E-state index contributed by atoms with van der Waals surface area (Å²) in [5.74, 6) is -1.33. The second-order valence-corrected chi connectivity index (χ2v) is 6.03. The lowest BCUT2D eigenvalue weighted by Gasteiger charge is -2.10. The zero-order chi connectivity index (χ0) is 19.4. The third-order valence-electron chi connectivity index (χ3n) is 3.84. The number of hydrogen-bond acceptors (Lipinski definition) is 5. The summed E-state index contributed by atoms with van der Waals surface area (Å²) in [6.45, 7) is 1.54. The lowest BCUT2D eigenvalue weighted by atomic mass is 10.1. The molecule has 2 aromatic carbocycles. The zero-order valence-corrected chi connectivity index (χ0v) is 15.2. The third-order valence-corrected chi connectivity index (χ3v) is 4.17. The fraction of sp³-hybridized carbons (Fsp3) is 0.158. The molecule has 0 spiro atoms. The number of nitrogens with one attached hydrogen (secondary N) is 1. The lowest BCUT2D eigenvalue weighted by molar-refractivity contribution is -0.119. The van der Waals surface area contributed by atoms with Crippen molar-refractivity contribution in [1.29, 1.82) is 0 Å². The predicted molar refractivity (Wildman–Crippen MR) is 102 cm³/mol. The van der Waals surface area contributed by atoms with Crippen molar-refractivity contribution in [2.45, 2.75) is 13.5 Å². The van der Waals surface area contributed by atoms with Crippen LogP contribution >= 0.6 is 11.6 Å². The maximum atomic E-state index is 12.5. The van der Waals surface area contributed by atoms with Crippen LogP contribution in [0, 0.1) is 0 Å². The summed E-state index contributed by atoms with van der Waals surface area (Å²) in [4.78, 5) is 36.8. The molecule has 27 heavy (non-hydrogen) atoms. The quantitative estimate of drug-likeness (QED) is 0.682. The Kier molecular flexibility index (Phi) is 5.52. The molecule has 1 aromatic heterocycles. The topological polar surface area (TPSA) is 90.3 Å². The highest BCUT2D eigenvalue weighted by Gasteiger charge is 2.18. The standard InChI is InChI=1S/C19H16ClN3O4/c1-2-23-18(25)13-8-4-3-7-12(13)17(22-23)19(26)27-11-16(24)21-15-10-6-5-9-14(15)20/h3-10H,2,11H2,1H3,(H,21,24). The van der Waals surface area contributed by atoms with Gasteiger partial charge < -0.3 is 10.1 Å². The Morgan fingerprint density at radius 3 is 2.48 bits per heavy atom. The van der Waals surface area contributed by atoms with E-state index in [2.05, 4.69) is 10.4 Å². The number of carbonyl (C=O) groups excluding carboxylic acids is 2. The van der Waals surface area contributed by atoms with Crippen molar-refractivity contribution in [2.24, 2.45) is 0 Å². The van der Waals surface area contributed by atoms with Gasteiger partial charge in [0.2, 0.25) is 0 Å². The molecule has 8 heteroatoms. The van der Waals surface area contributed by atoms with Gasteiger partial charge in [0.05, 0.1) is 16.1 Å². The number of fused-ring (bicyclic) bond motifs is 1. The minimum absolute atomic E-state index is 0.0161. The molecule has 7 nitrogen and oxygen atoms in total. The number of esters is 1. The average molecular weight is 386 g/mol. The van der Waals surface area contributed by atoms with Gasteiger partial charge in [-0.3, -0.25) is 9.59 Å². The van der Waals surface area contributed by atoms with Crippen LogP contribution in [0.5, 0.6) is 0 Å². The van der Waals surface area contributed by atoms with E-state index < -0.39 is 18.5 Å². The van der Waals surface area contributed by atoms with Crippen LogP contribution in [-0.4, -0.2) is 28.3 Å². The Labute approximate surface area is 159 Å². The second-order valence-electron chi connectivity index (χ2n) is 5.62. The number of amides is 1. The molecule has 0 aliphatic heterocycles. The maximum absolute atomic E-state index is 12.5. The summed E-state index contributed by atoms with van der Waals surface area (Å²) < 4.78 is 6.26. The van der Waals surface area contributed by atoms with E-state index in [4.69, 9.17) is 16.3 Å². The number of anilines is 1. The molecule has 0 saturated heterocycles. The molecule has 0 atom stereocenters. The molecular weight excluding hydrogens is 370 g/mol. The van der Waals surface area contributed by atoms with Crippen LogP contribution in [0.1, 0.15) is 17.4 Å². The number of para-hydroxylation sites is 1. The maximum Gasteiger partial charge on any atom is 0.359 e. The van der Waals surface area contributed by atoms with Crippen LogP contribution in [0.4, 0.5) is 5.69 Å². The molecule has 0 aliphatic carbocycles. The van der Waals surface area contributed by atoms with Crippen LogP contribution in [0.2, 0.25) is 5.02 Å². The van der Waals surface area contributed by atoms with Crippen molar-refractivity contribution in [3.05, 3.63) is 69.6 Å². The Balaban J connectivity index is 1.79. The minimum Gasteiger partial charge on any atom is -0.451 e. The molecule has 1 heterocycles. The summed E-state index contributed by atoms with van der Waals surface area (Å²) >= 11 is 5.98. The number of halogens is 1. The van der Waals surface area contributed by atoms with Gasteiger partial charge in [0.15, 0.2) is 12.3 Å². The van der Waals surface area contributed by atoms with Crippen molar-refractivity contribution < 1.29 is 14.3 Å². The first kappa shape index (κ1) is 18.6. The number of carbonyl (C=O) groups is 2. The Morgan fingerprint density at radius 1 is 1.11 bits per heavy atom. The summed E-state index contributed by atoms with van der Waals surface area (Å²) in [6, 6.07) is 13.4. The normalized spacial score (nSPS) is 10.6. The number of nitrogens with zero attached hydrogens (tertiary/aromatic N) is 2. The highest BCUT2D eigenvalue weighted by atomic mass is 35.5. The van der Waals surface area contributed by atoms with Gasteiger partial charge in [-0.05, 0) is 25.1 Å². The highest BCUT2D eigenvalue weighted by Crippen LogP contribution is 2.20. The van der Waals surface area contributed by atoms with Gasteiger partial charge in [-0.2, -0.15) is 5.10 Å². The van der Waals surface area contributed by atoms with Crippen LogP contribution in [0.15, 0.2) is 53.3 Å². The van der Waals surface area contributed by atoms with E-state index in [1.54, 1.807) is 55.5 Å². The molecule has 0 fully saturated rings. The molecule has 1 amide bonds. The molecule has 0 saturated carbocycles. The van der Waals surface area contributed by atoms with Crippen LogP contribution in [-0.2, 0) is 16.1 Å². The number of benzene rings is 2. The van der Waals surface area contributed by atoms with E-state index in [0.717, 1.165) is 0 Å². The monoisotopic (exact) mass is 385 g/mol. The second kappa shape index (κ2) is 8.01. The van der Waals surface area contributed by atoms with Crippen molar-refractivity contribution in [1.82, 2.24) is 9.78 Å². The lowest BCUT2D eigenvalue weighted by Crippen LogP contribution is -2.27. The van der Waals surface area contributed by atoms with E-state index >= 15 is 0 Å². The molecule has 3 rings (SSSR count). The molecule has 0 unspecified atom stereocenters. The van der Waals surface area contributed by atoms with E-state index in [9.17, 15) is 14.4 Å². The van der Waals surface area contributed by atoms with E-state index in [1.807, 2.05) is 0 Å². The first-order chi connectivity index (χ1) is 13.0. The van der Waals surface area contributed by atoms with E-state index in [-0.39, 0.29) is 11.3 Å². The van der Waals surface area contributed by atoms with Gasteiger partial charge in [0.1, 0.15) is 0 Å². The van der Waals surface area contributed by atoms with Gasteiger partial charge in [-0.15, -0.1) is 0 Å². The van der Waals surface area contributed by atoms with Crippen molar-refractivity contribution in [3.63, 3.8) is 0 Å². The summed E-state index contributed by atoms with van der Waals surface area (Å²) in [7, 11) is 0. The first-order valence-corrected chi connectivity index (χ1v) is 8.60. The molecule has 1 N–H and O–H groups in total. The minimum atomic E-state index is -0.789. The number of aryl methyl sites for hydroxylation is 1. The number of aromatic nitrogens is 2. The molecule has 3 aromatic rings. The zero-order valence-electron chi connectivity index (χ0n) is 14.4. The third kappa shape index (κ3) is 3.98. The largest absolute Gasteiger partial charge is 0.451 e. The van der Waals surface area contributed by atoms with Gasteiger partial charge >= 0.3 is 5.97 Å². The van der Waals surface area contributed by atoms with Gasteiger partial charge in [-0.25, -0.2) is 9.48 Å². The van der Waals surface area contributed by atoms with Crippen molar-refractivity contribution >= 4 is 39.9 Å².